The van der Waals surface area contributed by atoms with Gasteiger partial charge in [0.15, 0.2) is 12.3 Å². The van der Waals surface area contributed by atoms with Crippen molar-refractivity contribution in [1.82, 2.24) is 25.1 Å². The van der Waals surface area contributed by atoms with Crippen LogP contribution in [0.5, 0.6) is 0 Å². The van der Waals surface area contributed by atoms with E-state index < -0.39 is 5.97 Å². The maximum Gasteiger partial charge on any atom is 0.361 e. The molecule has 4 rings (SSSR count). The summed E-state index contributed by atoms with van der Waals surface area (Å²) in [5.41, 5.74) is 4.58. The van der Waals surface area contributed by atoms with Gasteiger partial charge in [0.1, 0.15) is 0 Å². The van der Waals surface area contributed by atoms with E-state index in [2.05, 4.69) is 20.5 Å². The summed E-state index contributed by atoms with van der Waals surface area (Å²) in [6.45, 7) is 5.64. The molecule has 0 aliphatic heterocycles. The minimum Gasteiger partial charge on any atom is -0.451 e. The lowest BCUT2D eigenvalue weighted by atomic mass is 10.1. The van der Waals surface area contributed by atoms with Crippen LogP contribution in [-0.2, 0) is 11.3 Å². The molecule has 2 heterocycles. The van der Waals surface area contributed by atoms with Gasteiger partial charge >= 0.3 is 5.97 Å². The van der Waals surface area contributed by atoms with Gasteiger partial charge in [-0.1, -0.05) is 28.0 Å². The topological polar surface area (TPSA) is 95.9 Å². The molecule has 8 nitrogen and oxygen atoms in total. The van der Waals surface area contributed by atoms with Crippen LogP contribution < -0.4 is 0 Å². The van der Waals surface area contributed by atoms with Crippen molar-refractivity contribution in [2.24, 2.45) is 0 Å². The van der Waals surface area contributed by atoms with Crippen molar-refractivity contribution < 1.29 is 14.1 Å². The Balaban J connectivity index is 1.45. The molecule has 0 atom stereocenters. The Bertz CT molecular complexity index is 1210. The third kappa shape index (κ3) is 3.95. The van der Waals surface area contributed by atoms with Gasteiger partial charge < -0.3 is 9.26 Å². The Morgan fingerprint density at radius 2 is 1.87 bits per heavy atom. The second-order valence-electron chi connectivity index (χ2n) is 6.80. The van der Waals surface area contributed by atoms with Gasteiger partial charge in [-0.05, 0) is 68.3 Å². The van der Waals surface area contributed by atoms with Crippen LogP contribution in [0.2, 0.25) is 5.02 Å². The van der Waals surface area contributed by atoms with Gasteiger partial charge in [0.25, 0.3) is 5.89 Å². The third-order valence-corrected chi connectivity index (χ3v) is 4.97. The molecule has 2 aromatic heterocycles. The number of hydrogen-bond donors (Lipinski definition) is 0. The highest BCUT2D eigenvalue weighted by molar-refractivity contribution is 6.30. The Morgan fingerprint density at radius 3 is 2.60 bits per heavy atom. The van der Waals surface area contributed by atoms with Crippen molar-refractivity contribution in [3.8, 4) is 17.1 Å². The summed E-state index contributed by atoms with van der Waals surface area (Å²) in [5, 5.41) is 12.6. The highest BCUT2D eigenvalue weighted by atomic mass is 35.5. The number of nitrogens with zero attached hydrogens (tertiary/aromatic N) is 5. The van der Waals surface area contributed by atoms with Crippen molar-refractivity contribution in [2.45, 2.75) is 27.4 Å². The van der Waals surface area contributed by atoms with E-state index in [4.69, 9.17) is 20.9 Å². The van der Waals surface area contributed by atoms with Crippen LogP contribution in [0, 0.1) is 20.8 Å². The van der Waals surface area contributed by atoms with Crippen molar-refractivity contribution in [1.29, 1.82) is 0 Å². The second-order valence-corrected chi connectivity index (χ2v) is 7.24. The number of ether oxygens (including phenoxy) is 1. The fourth-order valence-electron chi connectivity index (χ4n) is 2.85. The number of halogens is 1. The fourth-order valence-corrected chi connectivity index (χ4v) is 2.97. The van der Waals surface area contributed by atoms with E-state index in [1.807, 2.05) is 32.0 Å². The van der Waals surface area contributed by atoms with Crippen LogP contribution in [0.25, 0.3) is 17.1 Å². The van der Waals surface area contributed by atoms with Gasteiger partial charge in [0, 0.05) is 10.6 Å². The number of carbonyl (C=O) groups is 1. The van der Waals surface area contributed by atoms with Crippen molar-refractivity contribution in [3.05, 3.63) is 75.9 Å². The summed E-state index contributed by atoms with van der Waals surface area (Å²) in [6.07, 6.45) is 0. The molecule has 0 saturated heterocycles. The molecule has 0 bridgehead atoms. The average molecular weight is 424 g/mol. The highest BCUT2D eigenvalue weighted by Crippen LogP contribution is 2.20. The number of aryl methyl sites for hydroxylation is 2. The minimum absolute atomic E-state index is 0.130. The molecular formula is C21H18ClN5O3. The SMILES string of the molecule is Cc1ccc(-n2nnc(C(=O)OCc3nc(-c4ccc(Cl)cc4)no3)c2C)cc1C. The van der Waals surface area contributed by atoms with Crippen LogP contribution >= 0.6 is 11.6 Å². The van der Waals surface area contributed by atoms with E-state index >= 15 is 0 Å². The third-order valence-electron chi connectivity index (χ3n) is 4.72. The van der Waals surface area contributed by atoms with Crippen molar-refractivity contribution >= 4 is 17.6 Å². The van der Waals surface area contributed by atoms with Gasteiger partial charge in [0.05, 0.1) is 11.4 Å². The van der Waals surface area contributed by atoms with Crippen LogP contribution in [0.1, 0.15) is 33.2 Å². The fraction of sp³-hybridized carbons (Fsp3) is 0.190. The van der Waals surface area contributed by atoms with Gasteiger partial charge in [0.2, 0.25) is 5.82 Å². The molecule has 0 saturated carbocycles. The van der Waals surface area contributed by atoms with E-state index in [1.165, 1.54) is 5.56 Å². The van der Waals surface area contributed by atoms with Gasteiger partial charge in [-0.2, -0.15) is 4.98 Å². The Morgan fingerprint density at radius 1 is 1.10 bits per heavy atom. The first kappa shape index (κ1) is 19.8. The van der Waals surface area contributed by atoms with E-state index in [0.717, 1.165) is 16.8 Å². The molecular weight excluding hydrogens is 406 g/mol. The summed E-state index contributed by atoms with van der Waals surface area (Å²) < 4.78 is 12.0. The molecule has 0 N–H and O–H groups in total. The molecule has 4 aromatic rings. The van der Waals surface area contributed by atoms with E-state index in [9.17, 15) is 4.79 Å². The number of benzene rings is 2. The first-order valence-electron chi connectivity index (χ1n) is 9.18. The summed E-state index contributed by atoms with van der Waals surface area (Å²) in [7, 11) is 0. The van der Waals surface area contributed by atoms with Gasteiger partial charge in [-0.25, -0.2) is 9.48 Å². The van der Waals surface area contributed by atoms with E-state index in [-0.39, 0.29) is 18.2 Å². The lowest BCUT2D eigenvalue weighted by Crippen LogP contribution is -2.08. The van der Waals surface area contributed by atoms with Gasteiger partial charge in [-0.15, -0.1) is 5.10 Å². The maximum atomic E-state index is 12.5. The molecule has 0 radical (unpaired) electrons. The number of aromatic nitrogens is 5. The van der Waals surface area contributed by atoms with E-state index in [0.29, 0.717) is 16.5 Å². The second kappa shape index (κ2) is 8.08. The van der Waals surface area contributed by atoms with Crippen LogP contribution in [0.15, 0.2) is 47.0 Å². The summed E-state index contributed by atoms with van der Waals surface area (Å²) in [4.78, 5) is 16.7. The van der Waals surface area contributed by atoms with Crippen LogP contribution in [-0.4, -0.2) is 31.1 Å². The van der Waals surface area contributed by atoms with Crippen LogP contribution in [0.3, 0.4) is 0 Å². The molecule has 30 heavy (non-hydrogen) atoms. The lowest BCUT2D eigenvalue weighted by molar-refractivity contribution is 0.0422. The zero-order valence-electron chi connectivity index (χ0n) is 16.6. The summed E-state index contributed by atoms with van der Waals surface area (Å²) >= 11 is 5.88. The molecule has 0 unspecified atom stereocenters. The number of rotatable bonds is 5. The summed E-state index contributed by atoms with van der Waals surface area (Å²) in [5.74, 6) is -0.0593. The Kier molecular flexibility index (Phi) is 5.33. The van der Waals surface area contributed by atoms with E-state index in [1.54, 1.807) is 35.9 Å². The monoisotopic (exact) mass is 423 g/mol. The predicted octanol–water partition coefficient (Wildman–Crippen LogP) is 4.25. The normalized spacial score (nSPS) is 10.9. The molecule has 152 valence electrons. The maximum absolute atomic E-state index is 12.5. The predicted molar refractivity (Wildman–Crippen MR) is 109 cm³/mol. The molecule has 9 heteroatoms. The molecule has 0 fully saturated rings. The molecule has 0 spiro atoms. The highest BCUT2D eigenvalue weighted by Gasteiger charge is 2.20. The van der Waals surface area contributed by atoms with Gasteiger partial charge in [-0.3, -0.25) is 0 Å². The Labute approximate surface area is 177 Å². The Hall–Kier alpha value is -3.52. The summed E-state index contributed by atoms with van der Waals surface area (Å²) in [6, 6.07) is 12.9. The zero-order chi connectivity index (χ0) is 21.3. The number of carbonyl (C=O) groups excluding carboxylic acids is 1. The minimum atomic E-state index is -0.617. The molecule has 0 amide bonds. The van der Waals surface area contributed by atoms with Crippen LogP contribution in [0.4, 0.5) is 0 Å². The number of esters is 1. The standard InChI is InChI=1S/C21H18ClN5O3/c1-12-4-9-17(10-13(12)2)27-14(3)19(24-26-27)21(28)29-11-18-23-20(25-30-18)15-5-7-16(22)8-6-15/h4-10H,11H2,1-3H3. The first-order valence-corrected chi connectivity index (χ1v) is 9.56. The van der Waals surface area contributed by atoms with Crippen molar-refractivity contribution in [3.63, 3.8) is 0 Å². The largest absolute Gasteiger partial charge is 0.451 e. The average Bonchev–Trinajstić information content (AvgIpc) is 3.36. The smallest absolute Gasteiger partial charge is 0.361 e. The van der Waals surface area contributed by atoms with Crippen molar-refractivity contribution in [2.75, 3.05) is 0 Å². The number of hydrogen-bond acceptors (Lipinski definition) is 7. The quantitative estimate of drug-likeness (QED) is 0.442. The zero-order valence-corrected chi connectivity index (χ0v) is 17.3. The lowest BCUT2D eigenvalue weighted by Gasteiger charge is -2.06. The molecule has 0 aliphatic rings. The molecule has 2 aromatic carbocycles. The molecule has 0 aliphatic carbocycles. The first-order chi connectivity index (χ1) is 14.4.